The maximum atomic E-state index is 12.2. The fourth-order valence-electron chi connectivity index (χ4n) is 3.39. The first-order valence-corrected chi connectivity index (χ1v) is 8.16. The van der Waals surface area contributed by atoms with Gasteiger partial charge in [-0.3, -0.25) is 0 Å². The van der Waals surface area contributed by atoms with Gasteiger partial charge in [-0.1, -0.05) is 6.07 Å². The average molecular weight is 359 g/mol. The van der Waals surface area contributed by atoms with Crippen molar-refractivity contribution in [3.63, 3.8) is 0 Å². The number of hydrogen-bond donors (Lipinski definition) is 2. The second-order valence-electron chi connectivity index (χ2n) is 6.67. The maximum absolute atomic E-state index is 12.2. The average Bonchev–Trinajstić information content (AvgIpc) is 3.23. The van der Waals surface area contributed by atoms with Crippen molar-refractivity contribution in [2.24, 2.45) is 11.3 Å². The molecule has 2 heterocycles. The zero-order chi connectivity index (χ0) is 18.1. The van der Waals surface area contributed by atoms with Gasteiger partial charge < -0.3 is 20.1 Å². The minimum Gasteiger partial charge on any atom is -0.477 e. The highest BCUT2D eigenvalue weighted by Gasteiger charge is 2.55. The molecule has 138 valence electrons. The number of carboxylic acid groups (broad SMARTS) is 1. The van der Waals surface area contributed by atoms with E-state index in [4.69, 9.17) is 9.84 Å². The van der Waals surface area contributed by atoms with Crippen molar-refractivity contribution in [3.8, 4) is 5.88 Å². The molecule has 0 unspecified atom stereocenters. The summed E-state index contributed by atoms with van der Waals surface area (Å²) in [6, 6.07) is 4.66. The van der Waals surface area contributed by atoms with E-state index < -0.39 is 18.8 Å². The van der Waals surface area contributed by atoms with E-state index in [9.17, 15) is 18.0 Å². The molecule has 1 saturated carbocycles. The number of pyridine rings is 1. The van der Waals surface area contributed by atoms with Gasteiger partial charge in [-0.2, -0.15) is 18.2 Å². The number of piperidine rings is 1. The summed E-state index contributed by atoms with van der Waals surface area (Å²) in [5.74, 6) is 0.754. The highest BCUT2D eigenvalue weighted by Crippen LogP contribution is 2.59. The largest absolute Gasteiger partial charge is 0.477 e. The van der Waals surface area contributed by atoms with Gasteiger partial charge in [0.05, 0.1) is 6.61 Å². The molecule has 1 saturated heterocycles. The van der Waals surface area contributed by atoms with Gasteiger partial charge in [-0.25, -0.2) is 4.79 Å². The summed E-state index contributed by atoms with van der Waals surface area (Å²) in [5.41, 5.74) is 0.151. The number of halogens is 3. The molecule has 2 fully saturated rings. The van der Waals surface area contributed by atoms with E-state index >= 15 is 0 Å². The number of anilines is 1. The SMILES string of the molecule is O=C(O)N1CCC2(CC1)C[C@H]2COc1cccc(NCC(F)(F)F)n1. The molecule has 3 rings (SSSR count). The van der Waals surface area contributed by atoms with Crippen molar-refractivity contribution in [2.75, 3.05) is 31.6 Å². The van der Waals surface area contributed by atoms with E-state index in [0.29, 0.717) is 25.6 Å². The van der Waals surface area contributed by atoms with Gasteiger partial charge in [0.25, 0.3) is 0 Å². The zero-order valence-electron chi connectivity index (χ0n) is 13.6. The lowest BCUT2D eigenvalue weighted by Gasteiger charge is -2.30. The molecule has 0 aromatic carbocycles. The van der Waals surface area contributed by atoms with Crippen molar-refractivity contribution < 1.29 is 27.8 Å². The van der Waals surface area contributed by atoms with Crippen LogP contribution in [0.15, 0.2) is 18.2 Å². The van der Waals surface area contributed by atoms with Crippen molar-refractivity contribution >= 4 is 11.9 Å². The smallest absolute Gasteiger partial charge is 0.407 e. The lowest BCUT2D eigenvalue weighted by Crippen LogP contribution is -2.38. The Balaban J connectivity index is 1.46. The van der Waals surface area contributed by atoms with Gasteiger partial charge in [0.1, 0.15) is 12.4 Å². The summed E-state index contributed by atoms with van der Waals surface area (Å²) in [6.45, 7) is 0.389. The standard InChI is InChI=1S/C16H20F3N3O3/c17-16(18,19)10-20-12-2-1-3-13(21-12)25-9-11-8-15(11)4-6-22(7-5-15)14(23)24/h1-3,11H,4-10H2,(H,20,21)(H,23,24)/t11-/m0/s1. The normalized spacial score (nSPS) is 21.9. The number of rotatable bonds is 5. The van der Waals surface area contributed by atoms with Crippen LogP contribution in [0.4, 0.5) is 23.8 Å². The molecule has 25 heavy (non-hydrogen) atoms. The molecule has 1 amide bonds. The van der Waals surface area contributed by atoms with Gasteiger partial charge in [0.2, 0.25) is 5.88 Å². The van der Waals surface area contributed by atoms with Crippen LogP contribution in [-0.4, -0.2) is 53.5 Å². The Kier molecular flexibility index (Phi) is 4.66. The molecule has 6 nitrogen and oxygen atoms in total. The third-order valence-corrected chi connectivity index (χ3v) is 5.01. The van der Waals surface area contributed by atoms with Crippen LogP contribution in [0.25, 0.3) is 0 Å². The molecule has 1 aromatic heterocycles. The summed E-state index contributed by atoms with van der Waals surface area (Å²) in [5, 5.41) is 11.2. The highest BCUT2D eigenvalue weighted by molar-refractivity contribution is 5.65. The number of likely N-dealkylation sites (tertiary alicyclic amines) is 1. The molecule has 0 radical (unpaired) electrons. The lowest BCUT2D eigenvalue weighted by molar-refractivity contribution is -0.115. The van der Waals surface area contributed by atoms with Gasteiger partial charge >= 0.3 is 12.3 Å². The number of nitrogens with zero attached hydrogens (tertiary/aromatic N) is 2. The minimum atomic E-state index is -4.30. The zero-order valence-corrected chi connectivity index (χ0v) is 13.6. The first-order valence-electron chi connectivity index (χ1n) is 8.16. The number of ether oxygens (including phenoxy) is 1. The minimum absolute atomic E-state index is 0.120. The number of carbonyl (C=O) groups is 1. The third kappa shape index (κ3) is 4.46. The fraction of sp³-hybridized carbons (Fsp3) is 0.625. The number of aromatic nitrogens is 1. The number of nitrogens with one attached hydrogen (secondary N) is 1. The Morgan fingerprint density at radius 2 is 2.12 bits per heavy atom. The second-order valence-corrected chi connectivity index (χ2v) is 6.67. The first kappa shape index (κ1) is 17.6. The second kappa shape index (κ2) is 6.61. The topological polar surface area (TPSA) is 74.7 Å². The molecule has 9 heteroatoms. The molecular formula is C16H20F3N3O3. The molecule has 0 bridgehead atoms. The van der Waals surface area contributed by atoms with E-state index in [1.807, 2.05) is 0 Å². The quantitative estimate of drug-likeness (QED) is 0.844. The van der Waals surface area contributed by atoms with Gasteiger partial charge in [0.15, 0.2) is 0 Å². The fourth-order valence-corrected chi connectivity index (χ4v) is 3.39. The van der Waals surface area contributed by atoms with E-state index in [2.05, 4.69) is 10.3 Å². The van der Waals surface area contributed by atoms with Crippen LogP contribution in [0.5, 0.6) is 5.88 Å². The van der Waals surface area contributed by atoms with Crippen molar-refractivity contribution in [1.82, 2.24) is 9.88 Å². The van der Waals surface area contributed by atoms with Crippen molar-refractivity contribution in [2.45, 2.75) is 25.4 Å². The Labute approximate surface area is 143 Å². The molecule has 2 N–H and O–H groups in total. The molecule has 1 aromatic rings. The molecule has 1 aliphatic heterocycles. The molecule has 2 aliphatic rings. The van der Waals surface area contributed by atoms with Crippen LogP contribution in [0.3, 0.4) is 0 Å². The Morgan fingerprint density at radius 3 is 2.76 bits per heavy atom. The predicted octanol–water partition coefficient (Wildman–Crippen LogP) is 3.21. The van der Waals surface area contributed by atoms with Crippen LogP contribution in [0.1, 0.15) is 19.3 Å². The van der Waals surface area contributed by atoms with E-state index in [0.717, 1.165) is 19.3 Å². The van der Waals surface area contributed by atoms with Gasteiger partial charge in [-0.05, 0) is 36.7 Å². The Morgan fingerprint density at radius 1 is 1.40 bits per heavy atom. The van der Waals surface area contributed by atoms with E-state index in [-0.39, 0.29) is 17.1 Å². The van der Waals surface area contributed by atoms with Crippen LogP contribution in [0.2, 0.25) is 0 Å². The van der Waals surface area contributed by atoms with Crippen LogP contribution < -0.4 is 10.1 Å². The van der Waals surface area contributed by atoms with Crippen molar-refractivity contribution in [3.05, 3.63) is 18.2 Å². The number of hydrogen-bond acceptors (Lipinski definition) is 4. The molecule has 1 spiro atoms. The van der Waals surface area contributed by atoms with Gasteiger partial charge in [-0.15, -0.1) is 0 Å². The summed E-state index contributed by atoms with van der Waals surface area (Å²) in [7, 11) is 0. The van der Waals surface area contributed by atoms with E-state index in [1.165, 1.54) is 11.0 Å². The lowest BCUT2D eigenvalue weighted by atomic mass is 9.91. The van der Waals surface area contributed by atoms with E-state index in [1.54, 1.807) is 12.1 Å². The van der Waals surface area contributed by atoms with Crippen molar-refractivity contribution in [1.29, 1.82) is 0 Å². The van der Waals surface area contributed by atoms with Crippen LogP contribution in [-0.2, 0) is 0 Å². The summed E-state index contributed by atoms with van der Waals surface area (Å²) in [4.78, 5) is 16.4. The molecular weight excluding hydrogens is 339 g/mol. The maximum Gasteiger partial charge on any atom is 0.407 e. The summed E-state index contributed by atoms with van der Waals surface area (Å²) in [6.07, 6.45) is -2.53. The summed E-state index contributed by atoms with van der Waals surface area (Å²) >= 11 is 0. The number of alkyl halides is 3. The van der Waals surface area contributed by atoms with Gasteiger partial charge in [0, 0.05) is 19.2 Å². The molecule has 1 aliphatic carbocycles. The van der Waals surface area contributed by atoms with Crippen LogP contribution in [0, 0.1) is 11.3 Å². The summed E-state index contributed by atoms with van der Waals surface area (Å²) < 4.78 is 42.3. The Bertz CT molecular complexity index is 631. The molecule has 1 atom stereocenters. The third-order valence-electron chi connectivity index (χ3n) is 5.01. The highest BCUT2D eigenvalue weighted by atomic mass is 19.4. The monoisotopic (exact) mass is 359 g/mol. The first-order chi connectivity index (χ1) is 11.8. The van der Waals surface area contributed by atoms with Crippen LogP contribution >= 0.6 is 0 Å². The number of amides is 1. The Hall–Kier alpha value is -2.19. The predicted molar refractivity (Wildman–Crippen MR) is 83.6 cm³/mol.